The fraction of sp³-hybridized carbons (Fsp3) is 0.458. The number of fused-ring (bicyclic) bond motifs is 2. The summed E-state index contributed by atoms with van der Waals surface area (Å²) in [5.74, 6) is 1.84. The van der Waals surface area contributed by atoms with Crippen LogP contribution in [0.2, 0.25) is 0 Å². The molecule has 10 nitrogen and oxygen atoms in total. The largest absolute Gasteiger partial charge is 0.573 e. The number of alkyl halides is 6. The number of anilines is 4. The van der Waals surface area contributed by atoms with E-state index in [1.54, 1.807) is 0 Å². The van der Waals surface area contributed by atoms with Crippen molar-refractivity contribution in [2.45, 2.75) is 118 Å². The van der Waals surface area contributed by atoms with Gasteiger partial charge < -0.3 is 39.5 Å². The van der Waals surface area contributed by atoms with E-state index in [0.29, 0.717) is 35.1 Å². The quantitative estimate of drug-likeness (QED) is 0.100. The highest BCUT2D eigenvalue weighted by Gasteiger charge is 2.37. The summed E-state index contributed by atoms with van der Waals surface area (Å²) in [6, 6.07) is 23.2. The molecule has 0 spiro atoms. The minimum atomic E-state index is -4.72. The molecule has 2 aliphatic rings. The fourth-order valence-electron chi connectivity index (χ4n) is 10.1. The van der Waals surface area contributed by atoms with E-state index in [1.165, 1.54) is 48.5 Å². The van der Waals surface area contributed by atoms with Crippen LogP contribution < -0.4 is 20.1 Å². The lowest BCUT2D eigenvalue weighted by Crippen LogP contribution is -2.29. The maximum absolute atomic E-state index is 12.5. The zero-order valence-electron chi connectivity index (χ0n) is 36.8. The predicted octanol–water partition coefficient (Wildman–Crippen LogP) is 13.1. The Morgan fingerprint density at radius 2 is 0.938 bits per heavy atom. The lowest BCUT2D eigenvalue weighted by atomic mass is 9.70. The van der Waals surface area contributed by atoms with Crippen molar-refractivity contribution < 1.29 is 46.0 Å². The van der Waals surface area contributed by atoms with Crippen LogP contribution in [-0.4, -0.2) is 42.0 Å². The van der Waals surface area contributed by atoms with E-state index in [0.717, 1.165) is 71.7 Å². The van der Waals surface area contributed by atoms with Crippen LogP contribution in [0.3, 0.4) is 0 Å². The van der Waals surface area contributed by atoms with Crippen molar-refractivity contribution in [2.75, 3.05) is 10.6 Å². The molecule has 4 aromatic carbocycles. The van der Waals surface area contributed by atoms with E-state index in [2.05, 4.69) is 70.8 Å². The number of halogens is 6. The van der Waals surface area contributed by atoms with Gasteiger partial charge in [0.05, 0.1) is 35.3 Å². The number of rotatable bonds is 10. The molecule has 16 heteroatoms. The minimum absolute atomic E-state index is 0.0697. The molecule has 6 aromatic rings. The zero-order valence-corrected chi connectivity index (χ0v) is 36.8. The molecule has 4 N–H and O–H groups in total. The highest BCUT2D eigenvalue weighted by molar-refractivity contribution is 5.82. The van der Waals surface area contributed by atoms with Crippen LogP contribution in [0.4, 0.5) is 49.6 Å². The molecule has 64 heavy (non-hydrogen) atoms. The molecule has 4 atom stereocenters. The molecule has 2 heterocycles. The number of benzene rings is 4. The third-order valence-corrected chi connectivity index (χ3v) is 12.0. The summed E-state index contributed by atoms with van der Waals surface area (Å²) in [7, 11) is 0. The summed E-state index contributed by atoms with van der Waals surface area (Å²) in [6.07, 6.45) is -3.10. The second-order valence-electron chi connectivity index (χ2n) is 19.1. The number of hydrogen-bond donors (Lipinski definition) is 4. The molecule has 0 unspecified atom stereocenters. The van der Waals surface area contributed by atoms with Crippen molar-refractivity contribution in [2.24, 2.45) is 22.7 Å². The van der Waals surface area contributed by atoms with Crippen molar-refractivity contribution in [3.8, 4) is 11.5 Å². The molecule has 344 valence electrons. The fourth-order valence-corrected chi connectivity index (χ4v) is 10.1. The maximum atomic E-state index is 12.5. The number of aromatic nitrogens is 4. The second-order valence-corrected chi connectivity index (χ2v) is 19.1. The van der Waals surface area contributed by atoms with E-state index in [-0.39, 0.29) is 47.6 Å². The number of ether oxygens (including phenoxy) is 2. The molecule has 8 rings (SSSR count). The molecular formula is C48H56F6N6O4. The van der Waals surface area contributed by atoms with Crippen molar-refractivity contribution >= 4 is 45.3 Å². The Morgan fingerprint density at radius 1 is 0.578 bits per heavy atom. The number of nitrogens with zero attached hydrogens (tertiary/aromatic N) is 4. The highest BCUT2D eigenvalue weighted by Crippen LogP contribution is 2.48. The first-order chi connectivity index (χ1) is 30.1. The van der Waals surface area contributed by atoms with Gasteiger partial charge in [0.1, 0.15) is 11.5 Å². The van der Waals surface area contributed by atoms with Gasteiger partial charge in [0.2, 0.25) is 11.9 Å². The van der Waals surface area contributed by atoms with E-state index < -0.39 is 12.7 Å². The molecule has 0 radical (unpaired) electrons. The van der Waals surface area contributed by atoms with Crippen LogP contribution in [0.1, 0.15) is 103 Å². The van der Waals surface area contributed by atoms with Crippen LogP contribution >= 0.6 is 0 Å². The minimum Gasteiger partial charge on any atom is -0.406 e. The van der Waals surface area contributed by atoms with Crippen molar-refractivity contribution in [1.29, 1.82) is 0 Å². The standard InChI is InChI=1S/2C24H28F3N3O2/c2*1-15-10-18(13-23(2,3)12-15)30-21-9-4-16(14-31)11-20(21)29-22(30)28-17-5-7-19(8-6-17)32-24(25,26)27/h2*4-9,11,15,18,31H,10,12-14H2,1-3H3,(H,28,29)/t2*15-,18+/m10/s1. The van der Waals surface area contributed by atoms with Gasteiger partial charge in [0.25, 0.3) is 0 Å². The van der Waals surface area contributed by atoms with Crippen molar-refractivity contribution in [1.82, 2.24) is 19.1 Å². The van der Waals surface area contributed by atoms with Crippen molar-refractivity contribution in [3.05, 3.63) is 96.1 Å². The summed E-state index contributed by atoms with van der Waals surface area (Å²) in [5, 5.41) is 25.6. The zero-order chi connectivity index (χ0) is 46.2. The summed E-state index contributed by atoms with van der Waals surface area (Å²) >= 11 is 0. The summed E-state index contributed by atoms with van der Waals surface area (Å²) in [5.41, 5.74) is 6.64. The smallest absolute Gasteiger partial charge is 0.406 e. The van der Waals surface area contributed by atoms with Gasteiger partial charge in [-0.3, -0.25) is 0 Å². The van der Waals surface area contributed by atoms with Gasteiger partial charge in [-0.25, -0.2) is 9.97 Å². The number of nitrogens with one attached hydrogen (secondary N) is 2. The first-order valence-corrected chi connectivity index (χ1v) is 21.5. The van der Waals surface area contributed by atoms with Gasteiger partial charge in [0, 0.05) is 23.5 Å². The normalized spacial score (nSPS) is 21.0. The van der Waals surface area contributed by atoms with Gasteiger partial charge in [0.15, 0.2) is 0 Å². The molecule has 0 bridgehead atoms. The van der Waals surface area contributed by atoms with Crippen LogP contribution in [0.5, 0.6) is 11.5 Å². The number of hydrogen-bond acceptors (Lipinski definition) is 8. The number of aliphatic hydroxyl groups excluding tert-OH is 2. The molecule has 2 aromatic heterocycles. The molecule has 2 saturated carbocycles. The lowest BCUT2D eigenvalue weighted by Gasteiger charge is -2.40. The topological polar surface area (TPSA) is 119 Å². The Morgan fingerprint density at radius 3 is 1.25 bits per heavy atom. The predicted molar refractivity (Wildman–Crippen MR) is 236 cm³/mol. The summed E-state index contributed by atoms with van der Waals surface area (Å²) in [6.45, 7) is 13.5. The van der Waals surface area contributed by atoms with Crippen LogP contribution in [0.15, 0.2) is 84.9 Å². The van der Waals surface area contributed by atoms with E-state index in [9.17, 15) is 36.6 Å². The van der Waals surface area contributed by atoms with Gasteiger partial charge >= 0.3 is 12.7 Å². The van der Waals surface area contributed by atoms with Crippen molar-refractivity contribution in [3.63, 3.8) is 0 Å². The molecule has 0 amide bonds. The van der Waals surface area contributed by atoms with Crippen LogP contribution in [0, 0.1) is 22.7 Å². The first-order valence-electron chi connectivity index (χ1n) is 21.5. The Bertz CT molecular complexity index is 2360. The second kappa shape index (κ2) is 18.2. The molecule has 0 aliphatic heterocycles. The highest BCUT2D eigenvalue weighted by atomic mass is 19.4. The lowest BCUT2D eigenvalue weighted by molar-refractivity contribution is -0.275. The van der Waals surface area contributed by atoms with E-state index in [4.69, 9.17) is 9.97 Å². The van der Waals surface area contributed by atoms with Gasteiger partial charge in [-0.2, -0.15) is 0 Å². The SMILES string of the molecule is C[C@@H]1C[C@H](n2c(Nc3ccc(OC(F)(F)F)cc3)nc3cc(CO)ccc32)CC(C)(C)C1.C[C@H]1C[C@@H](n2c(Nc3ccc(OC(F)(F)F)cc3)nc3cc(CO)ccc32)CC(C)(C)C1. The average molecular weight is 895 g/mol. The molecule has 2 fully saturated rings. The maximum Gasteiger partial charge on any atom is 0.573 e. The number of imidazole rings is 2. The van der Waals surface area contributed by atoms with E-state index in [1.807, 2.05) is 36.4 Å². The summed E-state index contributed by atoms with van der Waals surface area (Å²) < 4.78 is 87.0. The summed E-state index contributed by atoms with van der Waals surface area (Å²) in [4.78, 5) is 9.55. The third kappa shape index (κ3) is 11.6. The third-order valence-electron chi connectivity index (χ3n) is 12.0. The van der Waals surface area contributed by atoms with Gasteiger partial charge in [-0.05, 0) is 145 Å². The average Bonchev–Trinajstić information content (AvgIpc) is 3.73. The molecule has 0 saturated heterocycles. The number of aliphatic hydroxyl groups is 2. The van der Waals surface area contributed by atoms with E-state index >= 15 is 0 Å². The van der Waals surface area contributed by atoms with Gasteiger partial charge in [-0.1, -0.05) is 53.7 Å². The Kier molecular flexibility index (Phi) is 13.2. The van der Waals surface area contributed by atoms with Gasteiger partial charge in [-0.15, -0.1) is 26.3 Å². The first kappa shape index (κ1) is 46.5. The monoisotopic (exact) mass is 894 g/mol. The van der Waals surface area contributed by atoms with Crippen LogP contribution in [0.25, 0.3) is 22.1 Å². The Hall–Kier alpha value is -5.48. The Labute approximate surface area is 368 Å². The molecular weight excluding hydrogens is 839 g/mol. The Balaban J connectivity index is 0.000000191. The van der Waals surface area contributed by atoms with Crippen LogP contribution in [-0.2, 0) is 13.2 Å². The molecule has 2 aliphatic carbocycles.